The van der Waals surface area contributed by atoms with Gasteiger partial charge in [-0.25, -0.2) is 0 Å². The molecule has 7 heteroatoms. The molecule has 0 aliphatic carbocycles. The van der Waals surface area contributed by atoms with Gasteiger partial charge < -0.3 is 10.1 Å². The van der Waals surface area contributed by atoms with Gasteiger partial charge in [-0.2, -0.15) is 22.0 Å². The Labute approximate surface area is 136 Å². The highest BCUT2D eigenvalue weighted by Gasteiger charge is 2.61. The highest BCUT2D eigenvalue weighted by molar-refractivity contribution is 5.42. The number of rotatable bonds is 7. The van der Waals surface area contributed by atoms with Gasteiger partial charge in [0.1, 0.15) is 5.75 Å². The van der Waals surface area contributed by atoms with Crippen molar-refractivity contribution in [3.63, 3.8) is 0 Å². The third kappa shape index (κ3) is 4.84. The molecule has 0 spiro atoms. The fraction of sp³-hybridized carbons (Fsp3) is 0.294. The third-order valence-electron chi connectivity index (χ3n) is 3.21. The van der Waals surface area contributed by atoms with Gasteiger partial charge in [0.15, 0.2) is 0 Å². The fourth-order valence-electron chi connectivity index (χ4n) is 2.02. The molecule has 1 radical (unpaired) electrons. The summed E-state index contributed by atoms with van der Waals surface area (Å²) in [5, 5.41) is 3.12. The summed E-state index contributed by atoms with van der Waals surface area (Å²) in [5.41, 5.74) is 1.17. The molecule has 0 atom stereocenters. The third-order valence-corrected chi connectivity index (χ3v) is 3.21. The van der Waals surface area contributed by atoms with Gasteiger partial charge in [-0.1, -0.05) is 30.3 Å². The molecule has 0 amide bonds. The van der Waals surface area contributed by atoms with Crippen molar-refractivity contribution in [2.24, 2.45) is 0 Å². The van der Waals surface area contributed by atoms with Crippen molar-refractivity contribution in [2.45, 2.75) is 25.1 Å². The van der Waals surface area contributed by atoms with Crippen LogP contribution in [0.25, 0.3) is 0 Å². The number of aryl methyl sites for hydroxylation is 1. The normalized spacial score (nSPS) is 12.0. The van der Waals surface area contributed by atoms with Crippen LogP contribution in [0.1, 0.15) is 12.0 Å². The first-order valence-corrected chi connectivity index (χ1v) is 7.21. The summed E-state index contributed by atoms with van der Waals surface area (Å²) < 4.78 is 66.8. The minimum Gasteiger partial charge on any atom is -0.425 e. The number of nitrogens with one attached hydrogen (secondary N) is 1. The van der Waals surface area contributed by atoms with Crippen LogP contribution in [0, 0.1) is 6.07 Å². The van der Waals surface area contributed by atoms with Crippen LogP contribution in [0.15, 0.2) is 48.5 Å². The minimum absolute atomic E-state index is 0.296. The van der Waals surface area contributed by atoms with Crippen LogP contribution in [-0.2, 0) is 6.42 Å². The molecule has 0 heterocycles. The van der Waals surface area contributed by atoms with Gasteiger partial charge in [-0.3, -0.25) is 0 Å². The molecule has 129 valence electrons. The summed E-state index contributed by atoms with van der Waals surface area (Å²) in [4.78, 5) is 0. The second-order valence-corrected chi connectivity index (χ2v) is 5.04. The summed E-state index contributed by atoms with van der Waals surface area (Å²) in [6.45, 7) is 0.536. The topological polar surface area (TPSA) is 21.3 Å². The monoisotopic (exact) mass is 344 g/mol. The average Bonchev–Trinajstić information content (AvgIpc) is 2.52. The Hall–Kier alpha value is -2.31. The van der Waals surface area contributed by atoms with Crippen LogP contribution in [0.5, 0.6) is 5.75 Å². The van der Waals surface area contributed by atoms with Crippen molar-refractivity contribution in [1.29, 1.82) is 0 Å². The lowest BCUT2D eigenvalue weighted by Crippen LogP contribution is -2.42. The zero-order valence-electron chi connectivity index (χ0n) is 12.5. The van der Waals surface area contributed by atoms with Crippen molar-refractivity contribution in [3.05, 3.63) is 60.2 Å². The van der Waals surface area contributed by atoms with E-state index in [0.29, 0.717) is 24.9 Å². The summed E-state index contributed by atoms with van der Waals surface area (Å²) >= 11 is 0. The van der Waals surface area contributed by atoms with Crippen LogP contribution in [0.2, 0.25) is 0 Å². The van der Waals surface area contributed by atoms with E-state index in [2.05, 4.69) is 16.1 Å². The second-order valence-electron chi connectivity index (χ2n) is 5.04. The number of ether oxygens (including phenoxy) is 1. The van der Waals surface area contributed by atoms with Crippen LogP contribution in [0.4, 0.5) is 27.6 Å². The Morgan fingerprint density at radius 3 is 2.29 bits per heavy atom. The number of hydrogen-bond donors (Lipinski definition) is 1. The molecule has 0 aromatic heterocycles. The Morgan fingerprint density at radius 2 is 1.62 bits per heavy atom. The molecule has 1 N–H and O–H groups in total. The van der Waals surface area contributed by atoms with E-state index < -0.39 is 18.0 Å². The quantitative estimate of drug-likeness (QED) is 0.560. The van der Waals surface area contributed by atoms with Crippen molar-refractivity contribution in [2.75, 3.05) is 11.9 Å². The lowest BCUT2D eigenvalue weighted by Gasteiger charge is -2.21. The van der Waals surface area contributed by atoms with Crippen LogP contribution >= 0.6 is 0 Å². The molecule has 0 unspecified atom stereocenters. The van der Waals surface area contributed by atoms with Crippen molar-refractivity contribution in [1.82, 2.24) is 0 Å². The Bertz CT molecular complexity index is 643. The molecule has 0 saturated carbocycles. The molecular weight excluding hydrogens is 329 g/mol. The number of hydrogen-bond acceptors (Lipinski definition) is 2. The van der Waals surface area contributed by atoms with E-state index in [-0.39, 0.29) is 0 Å². The zero-order chi connectivity index (χ0) is 17.6. The molecule has 0 aliphatic rings. The average molecular weight is 344 g/mol. The molecule has 2 aromatic rings. The molecule has 0 aliphatic heterocycles. The molecule has 24 heavy (non-hydrogen) atoms. The number of alkyl halides is 5. The highest BCUT2D eigenvalue weighted by atomic mass is 19.4. The van der Waals surface area contributed by atoms with Crippen molar-refractivity contribution >= 4 is 5.69 Å². The van der Waals surface area contributed by atoms with E-state index in [4.69, 9.17) is 0 Å². The zero-order valence-corrected chi connectivity index (χ0v) is 12.5. The van der Waals surface area contributed by atoms with Gasteiger partial charge in [0.25, 0.3) is 0 Å². The van der Waals surface area contributed by atoms with Gasteiger partial charge in [0, 0.05) is 12.2 Å². The fourth-order valence-corrected chi connectivity index (χ4v) is 2.02. The standard InChI is InChI=1S/C17H15F5NO/c18-16(19,20)17(21,22)24-15-11-5-4-7-13(15)8-6-12-23-14-9-2-1-3-10-14/h2-5,7,9-11,23H,6,8,12H2. The molecule has 0 bridgehead atoms. The van der Waals surface area contributed by atoms with Crippen LogP contribution in [-0.4, -0.2) is 18.8 Å². The molecule has 2 aromatic carbocycles. The lowest BCUT2D eigenvalue weighted by atomic mass is 10.1. The Balaban J connectivity index is 1.94. The maximum atomic E-state index is 13.0. The second kappa shape index (κ2) is 7.51. The maximum Gasteiger partial charge on any atom is 0.499 e. The van der Waals surface area contributed by atoms with Crippen molar-refractivity contribution < 1.29 is 26.7 Å². The number of benzene rings is 2. The number of halogens is 5. The first kappa shape index (κ1) is 18.0. The van der Waals surface area contributed by atoms with E-state index in [1.807, 2.05) is 12.1 Å². The largest absolute Gasteiger partial charge is 0.499 e. The van der Waals surface area contributed by atoms with Gasteiger partial charge >= 0.3 is 12.3 Å². The lowest BCUT2D eigenvalue weighted by molar-refractivity contribution is -0.360. The minimum atomic E-state index is -5.76. The van der Waals surface area contributed by atoms with E-state index in [1.165, 1.54) is 12.1 Å². The molecule has 0 saturated heterocycles. The first-order valence-electron chi connectivity index (χ1n) is 7.21. The van der Waals surface area contributed by atoms with Gasteiger partial charge in [-0.15, -0.1) is 0 Å². The summed E-state index contributed by atoms with van der Waals surface area (Å²) in [5.74, 6) is -0.464. The van der Waals surface area contributed by atoms with E-state index in [1.54, 1.807) is 18.2 Å². The maximum absolute atomic E-state index is 13.0. The summed E-state index contributed by atoms with van der Waals surface area (Å²) in [7, 11) is 0. The van der Waals surface area contributed by atoms with Crippen LogP contribution < -0.4 is 10.1 Å². The first-order chi connectivity index (χ1) is 11.3. The highest BCUT2D eigenvalue weighted by Crippen LogP contribution is 2.38. The van der Waals surface area contributed by atoms with Crippen molar-refractivity contribution in [3.8, 4) is 5.75 Å². The smallest absolute Gasteiger partial charge is 0.425 e. The Morgan fingerprint density at radius 1 is 0.958 bits per heavy atom. The Kier molecular flexibility index (Phi) is 5.64. The van der Waals surface area contributed by atoms with Crippen LogP contribution in [0.3, 0.4) is 0 Å². The molecule has 0 fully saturated rings. The van der Waals surface area contributed by atoms with E-state index in [0.717, 1.165) is 11.8 Å². The predicted molar refractivity (Wildman–Crippen MR) is 80.2 cm³/mol. The van der Waals surface area contributed by atoms with Gasteiger partial charge in [-0.05, 0) is 42.7 Å². The predicted octanol–water partition coefficient (Wildman–Crippen LogP) is 5.07. The molecule has 2 rings (SSSR count). The SMILES string of the molecule is FC(F)(F)C(F)(F)Oc1ccccc1CCCNc1cc[c]cc1. The number of anilines is 1. The molecule has 2 nitrogen and oxygen atoms in total. The summed E-state index contributed by atoms with van der Waals surface area (Å²) in [6.07, 6.45) is -10.1. The molecular formula is C17H15F5NO. The van der Waals surface area contributed by atoms with E-state index in [9.17, 15) is 22.0 Å². The number of para-hydroxylation sites is 1. The van der Waals surface area contributed by atoms with Gasteiger partial charge in [0.05, 0.1) is 0 Å². The summed E-state index contributed by atoms with van der Waals surface area (Å²) in [6, 6.07) is 15.5. The van der Waals surface area contributed by atoms with Gasteiger partial charge in [0.2, 0.25) is 0 Å². The van der Waals surface area contributed by atoms with E-state index >= 15 is 0 Å².